The molecule has 2 amide bonds. The van der Waals surface area contributed by atoms with Crippen molar-refractivity contribution in [2.75, 3.05) is 31.1 Å². The van der Waals surface area contributed by atoms with Crippen molar-refractivity contribution in [3.8, 4) is 5.75 Å². The van der Waals surface area contributed by atoms with Crippen molar-refractivity contribution in [1.29, 1.82) is 0 Å². The van der Waals surface area contributed by atoms with Crippen molar-refractivity contribution in [2.24, 2.45) is 5.92 Å². The first kappa shape index (κ1) is 21.1. The van der Waals surface area contributed by atoms with Crippen LogP contribution >= 0.6 is 0 Å². The SMILES string of the molecule is C[C@@H]1CCCC[C@H]1NC(=O)CN1C(=O)COc2ccc(S(=O)(=O)N3CCCC3)cc21. The number of benzene rings is 1. The number of nitrogens with zero attached hydrogens (tertiary/aromatic N) is 2. The van der Waals surface area contributed by atoms with Crippen LogP contribution in [0.15, 0.2) is 23.1 Å². The topological polar surface area (TPSA) is 96.0 Å². The van der Waals surface area contributed by atoms with Gasteiger partial charge in [0.1, 0.15) is 12.3 Å². The Morgan fingerprint density at radius 3 is 2.63 bits per heavy atom. The second kappa shape index (κ2) is 8.55. The fourth-order valence-corrected chi connectivity index (χ4v) is 6.06. The first-order chi connectivity index (χ1) is 14.4. The zero-order valence-corrected chi connectivity index (χ0v) is 18.1. The van der Waals surface area contributed by atoms with Gasteiger partial charge in [-0.15, -0.1) is 0 Å². The number of rotatable bonds is 5. The average Bonchev–Trinajstić information content (AvgIpc) is 3.27. The number of sulfonamides is 1. The lowest BCUT2D eigenvalue weighted by molar-refractivity contribution is -0.126. The third-order valence-electron chi connectivity index (χ3n) is 6.34. The Hall–Kier alpha value is -2.13. The molecule has 8 nitrogen and oxygen atoms in total. The highest BCUT2D eigenvalue weighted by molar-refractivity contribution is 7.89. The number of ether oxygens (including phenoxy) is 1. The summed E-state index contributed by atoms with van der Waals surface area (Å²) >= 11 is 0. The molecule has 3 aliphatic rings. The molecule has 9 heteroatoms. The number of amides is 2. The molecule has 1 aromatic rings. The maximum atomic E-state index is 12.9. The molecule has 1 aromatic carbocycles. The summed E-state index contributed by atoms with van der Waals surface area (Å²) in [5.41, 5.74) is 0.332. The molecule has 1 saturated carbocycles. The van der Waals surface area contributed by atoms with Crippen molar-refractivity contribution in [3.63, 3.8) is 0 Å². The normalized spacial score (nSPS) is 25.0. The van der Waals surface area contributed by atoms with Crippen molar-refractivity contribution >= 4 is 27.5 Å². The number of hydrogen-bond donors (Lipinski definition) is 1. The van der Waals surface area contributed by atoms with Gasteiger partial charge in [-0.05, 0) is 49.8 Å². The number of nitrogens with one attached hydrogen (secondary N) is 1. The van der Waals surface area contributed by atoms with Crippen molar-refractivity contribution in [2.45, 2.75) is 56.4 Å². The third kappa shape index (κ3) is 4.18. The monoisotopic (exact) mass is 435 g/mol. The summed E-state index contributed by atoms with van der Waals surface area (Å²) < 4.78 is 32.8. The molecule has 2 aliphatic heterocycles. The molecule has 30 heavy (non-hydrogen) atoms. The molecule has 0 radical (unpaired) electrons. The van der Waals surface area contributed by atoms with Gasteiger partial charge < -0.3 is 10.1 Å². The quantitative estimate of drug-likeness (QED) is 0.762. The van der Waals surface area contributed by atoms with Crippen molar-refractivity contribution in [3.05, 3.63) is 18.2 Å². The molecule has 2 fully saturated rings. The lowest BCUT2D eigenvalue weighted by atomic mass is 9.86. The zero-order chi connectivity index (χ0) is 21.3. The summed E-state index contributed by atoms with van der Waals surface area (Å²) in [6, 6.07) is 4.64. The minimum atomic E-state index is -3.63. The maximum absolute atomic E-state index is 12.9. The molecule has 1 N–H and O–H groups in total. The van der Waals surface area contributed by atoms with E-state index in [2.05, 4.69) is 12.2 Å². The van der Waals surface area contributed by atoms with Crippen LogP contribution in [0.1, 0.15) is 45.4 Å². The van der Waals surface area contributed by atoms with E-state index in [0.29, 0.717) is 30.4 Å². The van der Waals surface area contributed by atoms with Crippen LogP contribution in [0, 0.1) is 5.92 Å². The molecular formula is C21H29N3O5S. The van der Waals surface area contributed by atoms with E-state index in [0.717, 1.165) is 32.1 Å². The lowest BCUT2D eigenvalue weighted by Gasteiger charge is -2.32. The first-order valence-electron chi connectivity index (χ1n) is 10.7. The summed E-state index contributed by atoms with van der Waals surface area (Å²) in [5, 5.41) is 3.06. The summed E-state index contributed by atoms with van der Waals surface area (Å²) in [6.07, 6.45) is 5.99. The van der Waals surface area contributed by atoms with Gasteiger partial charge in [0.25, 0.3) is 5.91 Å². The molecule has 0 bridgehead atoms. The van der Waals surface area contributed by atoms with Crippen LogP contribution < -0.4 is 15.0 Å². The average molecular weight is 436 g/mol. The first-order valence-corrected chi connectivity index (χ1v) is 12.2. The molecular weight excluding hydrogens is 406 g/mol. The molecule has 164 valence electrons. The van der Waals surface area contributed by atoms with Crippen molar-refractivity contribution in [1.82, 2.24) is 9.62 Å². The Morgan fingerprint density at radius 1 is 1.17 bits per heavy atom. The van der Waals surface area contributed by atoms with E-state index >= 15 is 0 Å². The highest BCUT2D eigenvalue weighted by atomic mass is 32.2. The van der Waals surface area contributed by atoms with E-state index in [-0.39, 0.29) is 35.9 Å². The van der Waals surface area contributed by atoms with Gasteiger partial charge in [-0.1, -0.05) is 19.8 Å². The highest BCUT2D eigenvalue weighted by Crippen LogP contribution is 2.35. The van der Waals surface area contributed by atoms with Gasteiger partial charge in [0.15, 0.2) is 6.61 Å². The van der Waals surface area contributed by atoms with E-state index in [1.54, 1.807) is 6.07 Å². The Morgan fingerprint density at radius 2 is 1.90 bits per heavy atom. The summed E-state index contributed by atoms with van der Waals surface area (Å²) in [6.45, 7) is 2.82. The smallest absolute Gasteiger partial charge is 0.265 e. The van der Waals surface area contributed by atoms with E-state index in [9.17, 15) is 18.0 Å². The van der Waals surface area contributed by atoms with Crippen LogP contribution in [0.4, 0.5) is 5.69 Å². The molecule has 0 aromatic heterocycles. The number of carbonyl (C=O) groups is 2. The standard InChI is InChI=1S/C21H29N3O5S/c1-15-6-2-3-7-17(15)22-20(25)13-24-18-12-16(8-9-19(18)29-14-21(24)26)30(27,28)23-10-4-5-11-23/h8-9,12,15,17H,2-7,10-11,13-14H2,1H3,(H,22,25)/t15-,17-/m1/s1. The number of anilines is 1. The van der Waals surface area contributed by atoms with E-state index in [4.69, 9.17) is 4.74 Å². The van der Waals surface area contributed by atoms with E-state index in [1.165, 1.54) is 27.8 Å². The van der Waals surface area contributed by atoms with Crippen LogP contribution in [0.5, 0.6) is 5.75 Å². The van der Waals surface area contributed by atoms with E-state index < -0.39 is 10.0 Å². The number of fused-ring (bicyclic) bond motifs is 1. The van der Waals surface area contributed by atoms with Gasteiger partial charge in [-0.2, -0.15) is 4.31 Å². The highest BCUT2D eigenvalue weighted by Gasteiger charge is 2.33. The molecule has 0 spiro atoms. The van der Waals surface area contributed by atoms with E-state index in [1.807, 2.05) is 0 Å². The number of carbonyl (C=O) groups excluding carboxylic acids is 2. The van der Waals surface area contributed by atoms with Crippen LogP contribution in [0.2, 0.25) is 0 Å². The summed E-state index contributed by atoms with van der Waals surface area (Å²) in [4.78, 5) is 26.7. The summed E-state index contributed by atoms with van der Waals surface area (Å²) in [7, 11) is -3.63. The molecule has 2 heterocycles. The zero-order valence-electron chi connectivity index (χ0n) is 17.3. The summed E-state index contributed by atoms with van der Waals surface area (Å²) in [5.74, 6) is 0.231. The van der Waals surface area contributed by atoms with Crippen LogP contribution in [-0.4, -0.2) is 56.8 Å². The fourth-order valence-electron chi connectivity index (χ4n) is 4.52. The largest absolute Gasteiger partial charge is 0.482 e. The molecule has 1 saturated heterocycles. The second-order valence-corrected chi connectivity index (χ2v) is 10.4. The van der Waals surface area contributed by atoms with Crippen LogP contribution in [-0.2, 0) is 19.6 Å². The Bertz CT molecular complexity index is 927. The van der Waals surface area contributed by atoms with Gasteiger partial charge in [-0.3, -0.25) is 14.5 Å². The molecule has 0 unspecified atom stereocenters. The van der Waals surface area contributed by atoms with Gasteiger partial charge in [0, 0.05) is 19.1 Å². The predicted octanol–water partition coefficient (Wildman–Crippen LogP) is 1.89. The van der Waals surface area contributed by atoms with Gasteiger partial charge >= 0.3 is 0 Å². The minimum Gasteiger partial charge on any atom is -0.482 e. The fraction of sp³-hybridized carbons (Fsp3) is 0.619. The Labute approximate surface area is 177 Å². The minimum absolute atomic E-state index is 0.115. The second-order valence-electron chi connectivity index (χ2n) is 8.45. The Balaban J connectivity index is 1.55. The molecule has 4 rings (SSSR count). The van der Waals surface area contributed by atoms with Gasteiger partial charge in [-0.25, -0.2) is 8.42 Å². The maximum Gasteiger partial charge on any atom is 0.265 e. The van der Waals surface area contributed by atoms with Gasteiger partial charge in [0.2, 0.25) is 15.9 Å². The lowest BCUT2D eigenvalue weighted by Crippen LogP contribution is -2.49. The van der Waals surface area contributed by atoms with Crippen molar-refractivity contribution < 1.29 is 22.7 Å². The van der Waals surface area contributed by atoms with Crippen LogP contribution in [0.3, 0.4) is 0 Å². The van der Waals surface area contributed by atoms with Crippen LogP contribution in [0.25, 0.3) is 0 Å². The molecule has 1 aliphatic carbocycles. The Kier molecular flexibility index (Phi) is 6.02. The predicted molar refractivity (Wildman–Crippen MR) is 112 cm³/mol. The number of hydrogen-bond acceptors (Lipinski definition) is 5. The third-order valence-corrected chi connectivity index (χ3v) is 8.23. The van der Waals surface area contributed by atoms with Gasteiger partial charge in [0.05, 0.1) is 10.6 Å². The molecule has 2 atom stereocenters.